The van der Waals surface area contributed by atoms with Crippen molar-refractivity contribution in [2.45, 2.75) is 19.3 Å². The molecule has 144 valence electrons. The van der Waals surface area contributed by atoms with E-state index in [1.165, 1.54) is 0 Å². The monoisotopic (exact) mass is 402 g/mol. The third-order valence-electron chi connectivity index (χ3n) is 5.02. The number of rotatable bonds is 3. The summed E-state index contributed by atoms with van der Waals surface area (Å²) >= 11 is 5.95. The van der Waals surface area contributed by atoms with E-state index < -0.39 is 23.4 Å². The first-order chi connectivity index (χ1) is 13.5. The maximum absolute atomic E-state index is 14.4. The molecule has 0 saturated carbocycles. The Hall–Kier alpha value is -2.73. The molecular formula is C21H17ClF2N2O2. The van der Waals surface area contributed by atoms with Crippen molar-refractivity contribution < 1.29 is 18.4 Å². The Kier molecular flexibility index (Phi) is 4.89. The predicted molar refractivity (Wildman–Crippen MR) is 103 cm³/mol. The summed E-state index contributed by atoms with van der Waals surface area (Å²) in [5.74, 6) is -2.96. The molecular weight excluding hydrogens is 386 g/mol. The lowest BCUT2D eigenvalue weighted by Crippen LogP contribution is -2.37. The molecule has 1 fully saturated rings. The maximum Gasteiger partial charge on any atom is 0.282 e. The zero-order valence-corrected chi connectivity index (χ0v) is 15.7. The van der Waals surface area contributed by atoms with E-state index in [9.17, 15) is 18.4 Å². The van der Waals surface area contributed by atoms with Crippen molar-refractivity contribution in [3.63, 3.8) is 0 Å². The highest BCUT2D eigenvalue weighted by Gasteiger charge is 2.43. The van der Waals surface area contributed by atoms with Crippen molar-refractivity contribution in [1.82, 2.24) is 4.90 Å². The van der Waals surface area contributed by atoms with Gasteiger partial charge in [-0.15, -0.1) is 0 Å². The minimum absolute atomic E-state index is 0.215. The van der Waals surface area contributed by atoms with E-state index >= 15 is 0 Å². The van der Waals surface area contributed by atoms with E-state index in [0.717, 1.165) is 36.3 Å². The van der Waals surface area contributed by atoms with E-state index in [1.807, 2.05) is 4.90 Å². The van der Waals surface area contributed by atoms with Gasteiger partial charge >= 0.3 is 0 Å². The summed E-state index contributed by atoms with van der Waals surface area (Å²) in [6.45, 7) is 1.29. The molecule has 2 aliphatic rings. The van der Waals surface area contributed by atoms with Crippen LogP contribution in [0.1, 0.15) is 24.8 Å². The first kappa shape index (κ1) is 18.6. The van der Waals surface area contributed by atoms with Crippen LogP contribution >= 0.6 is 11.6 Å². The molecule has 0 spiro atoms. The zero-order chi connectivity index (χ0) is 19.8. The van der Waals surface area contributed by atoms with E-state index in [-0.39, 0.29) is 17.0 Å². The zero-order valence-electron chi connectivity index (χ0n) is 14.9. The molecule has 4 nitrogen and oxygen atoms in total. The summed E-state index contributed by atoms with van der Waals surface area (Å²) in [7, 11) is 0. The number of imide groups is 1. The second-order valence-corrected chi connectivity index (χ2v) is 7.26. The fourth-order valence-corrected chi connectivity index (χ4v) is 3.81. The summed E-state index contributed by atoms with van der Waals surface area (Å²) in [6, 6.07) is 9.40. The van der Waals surface area contributed by atoms with Crippen molar-refractivity contribution >= 4 is 34.7 Å². The van der Waals surface area contributed by atoms with Crippen molar-refractivity contribution in [2.75, 3.05) is 18.0 Å². The first-order valence-corrected chi connectivity index (χ1v) is 9.44. The first-order valence-electron chi connectivity index (χ1n) is 9.06. The molecule has 2 aromatic rings. The third-order valence-corrected chi connectivity index (χ3v) is 5.27. The molecule has 1 saturated heterocycles. The van der Waals surface area contributed by atoms with Crippen LogP contribution < -0.4 is 4.90 Å². The van der Waals surface area contributed by atoms with Gasteiger partial charge in [0, 0.05) is 24.2 Å². The number of hydrogen-bond acceptors (Lipinski definition) is 3. The minimum Gasteiger partial charge on any atom is -0.366 e. The fraction of sp³-hybridized carbons (Fsp3) is 0.238. The molecule has 0 unspecified atom stereocenters. The Balaban J connectivity index is 1.84. The lowest BCUT2D eigenvalue weighted by atomic mass is 10.0. The number of halogens is 3. The van der Waals surface area contributed by atoms with Crippen LogP contribution in [-0.4, -0.2) is 29.8 Å². The van der Waals surface area contributed by atoms with Gasteiger partial charge < -0.3 is 4.90 Å². The molecule has 2 heterocycles. The Morgan fingerprint density at radius 1 is 0.857 bits per heavy atom. The lowest BCUT2D eigenvalue weighted by molar-refractivity contribution is -0.120. The fourth-order valence-electron chi connectivity index (χ4n) is 3.69. The van der Waals surface area contributed by atoms with Crippen molar-refractivity contribution in [1.29, 1.82) is 0 Å². The second-order valence-electron chi connectivity index (χ2n) is 6.82. The topological polar surface area (TPSA) is 40.6 Å². The highest BCUT2D eigenvalue weighted by atomic mass is 35.5. The predicted octanol–water partition coefficient (Wildman–Crippen LogP) is 4.39. The highest BCUT2D eigenvalue weighted by molar-refractivity contribution is 6.45. The number of likely N-dealkylation sites (tertiary alicyclic amines) is 1. The van der Waals surface area contributed by atoms with Crippen molar-refractivity contribution in [3.8, 4) is 0 Å². The Morgan fingerprint density at radius 3 is 2.18 bits per heavy atom. The van der Waals surface area contributed by atoms with Gasteiger partial charge in [-0.3, -0.25) is 9.59 Å². The summed E-state index contributed by atoms with van der Waals surface area (Å²) < 4.78 is 27.7. The van der Waals surface area contributed by atoms with Crippen LogP contribution in [0.25, 0.3) is 5.57 Å². The SMILES string of the molecule is O=C1C(c2ccc(Cl)cc2)=C(N2CCCCC2)C(=O)N1c1ccc(F)cc1F. The molecule has 0 bridgehead atoms. The van der Waals surface area contributed by atoms with Crippen LogP contribution in [0.5, 0.6) is 0 Å². The van der Waals surface area contributed by atoms with Crippen LogP contribution in [0.2, 0.25) is 5.02 Å². The molecule has 28 heavy (non-hydrogen) atoms. The van der Waals surface area contributed by atoms with Crippen molar-refractivity contribution in [2.24, 2.45) is 0 Å². The van der Waals surface area contributed by atoms with Crippen molar-refractivity contribution in [3.05, 3.63) is 70.4 Å². The van der Waals surface area contributed by atoms with Gasteiger partial charge in [0.25, 0.3) is 11.8 Å². The van der Waals surface area contributed by atoms with E-state index in [4.69, 9.17) is 11.6 Å². The quantitative estimate of drug-likeness (QED) is 0.715. The molecule has 0 aliphatic carbocycles. The van der Waals surface area contributed by atoms with Gasteiger partial charge in [0.05, 0.1) is 11.3 Å². The normalized spacial score (nSPS) is 17.7. The van der Waals surface area contributed by atoms with Crippen LogP contribution in [0.4, 0.5) is 14.5 Å². The summed E-state index contributed by atoms with van der Waals surface area (Å²) in [5, 5.41) is 0.502. The third kappa shape index (κ3) is 3.18. The molecule has 0 radical (unpaired) electrons. The van der Waals surface area contributed by atoms with Gasteiger partial charge in [0.15, 0.2) is 0 Å². The number of anilines is 1. The van der Waals surface area contributed by atoms with Crippen LogP contribution in [0, 0.1) is 11.6 Å². The number of benzene rings is 2. The molecule has 0 N–H and O–H groups in total. The minimum atomic E-state index is -0.961. The standard InChI is InChI=1S/C21H17ClF2N2O2/c22-14-6-4-13(5-7-14)18-19(25-10-2-1-3-11-25)21(28)26(20(18)27)17-9-8-15(23)12-16(17)24/h4-9,12H,1-3,10-11H2. The van der Waals surface area contributed by atoms with Gasteiger partial charge in [0.1, 0.15) is 17.3 Å². The van der Waals surface area contributed by atoms with Gasteiger partial charge in [-0.25, -0.2) is 13.7 Å². The van der Waals surface area contributed by atoms with Crippen LogP contribution in [0.3, 0.4) is 0 Å². The number of piperidine rings is 1. The Labute approximate surface area is 166 Å². The molecule has 4 rings (SSSR count). The number of amides is 2. The Bertz CT molecular complexity index is 982. The average molecular weight is 403 g/mol. The van der Waals surface area contributed by atoms with Crippen LogP contribution in [-0.2, 0) is 9.59 Å². The largest absolute Gasteiger partial charge is 0.366 e. The molecule has 7 heteroatoms. The highest BCUT2D eigenvalue weighted by Crippen LogP contribution is 2.37. The van der Waals surface area contributed by atoms with E-state index in [2.05, 4.69) is 0 Å². The Morgan fingerprint density at radius 2 is 1.54 bits per heavy atom. The number of carbonyl (C=O) groups excluding carboxylic acids is 2. The second kappa shape index (κ2) is 7.36. The molecule has 0 atom stereocenters. The van der Waals surface area contributed by atoms with E-state index in [0.29, 0.717) is 29.7 Å². The molecule has 2 amide bonds. The molecule has 2 aromatic carbocycles. The number of hydrogen-bond donors (Lipinski definition) is 0. The number of nitrogens with zero attached hydrogens (tertiary/aromatic N) is 2. The molecule has 2 aliphatic heterocycles. The summed E-state index contributed by atoms with van der Waals surface area (Å²) in [6.07, 6.45) is 2.87. The van der Waals surface area contributed by atoms with Gasteiger partial charge in [-0.1, -0.05) is 23.7 Å². The maximum atomic E-state index is 14.4. The average Bonchev–Trinajstić information content (AvgIpc) is 2.94. The smallest absolute Gasteiger partial charge is 0.282 e. The molecule has 0 aromatic heterocycles. The van der Waals surface area contributed by atoms with Crippen LogP contribution in [0.15, 0.2) is 48.2 Å². The van der Waals surface area contributed by atoms with Gasteiger partial charge in [0.2, 0.25) is 0 Å². The van der Waals surface area contributed by atoms with Gasteiger partial charge in [-0.2, -0.15) is 0 Å². The summed E-state index contributed by atoms with van der Waals surface area (Å²) in [5.41, 5.74) is 0.756. The lowest BCUT2D eigenvalue weighted by Gasteiger charge is -2.29. The van der Waals surface area contributed by atoms with Gasteiger partial charge in [-0.05, 0) is 49.1 Å². The summed E-state index contributed by atoms with van der Waals surface area (Å²) in [4.78, 5) is 29.1. The number of carbonyl (C=O) groups is 2. The van der Waals surface area contributed by atoms with E-state index in [1.54, 1.807) is 24.3 Å².